The smallest absolute Gasteiger partial charge is 0.127 e. The van der Waals surface area contributed by atoms with Crippen molar-refractivity contribution < 1.29 is 0 Å². The van der Waals surface area contributed by atoms with E-state index >= 15 is 0 Å². The molecular weight excluding hydrogens is 334 g/mol. The SMILES string of the molecule is CSc1cccc(N2C=C3SC(c4ccccc4N)N=C3CC2)c1. The summed E-state index contributed by atoms with van der Waals surface area (Å²) in [4.78, 5) is 9.79. The predicted octanol–water partition coefficient (Wildman–Crippen LogP) is 4.93. The van der Waals surface area contributed by atoms with Crippen LogP contribution in [0.15, 0.2) is 69.5 Å². The van der Waals surface area contributed by atoms with Crippen LogP contribution in [0.3, 0.4) is 0 Å². The Balaban J connectivity index is 1.60. The lowest BCUT2D eigenvalue weighted by molar-refractivity contribution is 0.929. The number of anilines is 2. The summed E-state index contributed by atoms with van der Waals surface area (Å²) < 4.78 is 0. The van der Waals surface area contributed by atoms with Crippen LogP contribution in [0.5, 0.6) is 0 Å². The highest BCUT2D eigenvalue weighted by Gasteiger charge is 2.29. The monoisotopic (exact) mass is 353 g/mol. The van der Waals surface area contributed by atoms with Crippen molar-refractivity contribution in [2.45, 2.75) is 16.7 Å². The number of thioether (sulfide) groups is 2. The molecule has 24 heavy (non-hydrogen) atoms. The Labute approximate surface area is 151 Å². The van der Waals surface area contributed by atoms with Crippen LogP contribution in [0.2, 0.25) is 0 Å². The molecular formula is C19H19N3S2. The number of nitrogen functional groups attached to an aromatic ring is 1. The van der Waals surface area contributed by atoms with Gasteiger partial charge in [-0.3, -0.25) is 4.99 Å². The summed E-state index contributed by atoms with van der Waals surface area (Å²) in [5.74, 6) is 0. The van der Waals surface area contributed by atoms with Crippen LogP contribution < -0.4 is 10.6 Å². The van der Waals surface area contributed by atoms with E-state index in [1.807, 2.05) is 18.2 Å². The maximum atomic E-state index is 6.13. The van der Waals surface area contributed by atoms with Gasteiger partial charge in [-0.15, -0.1) is 11.8 Å². The number of hydrogen-bond acceptors (Lipinski definition) is 5. The Morgan fingerprint density at radius 2 is 2.08 bits per heavy atom. The second-order valence-corrected chi connectivity index (χ2v) is 7.81. The van der Waals surface area contributed by atoms with Crippen LogP contribution in [-0.4, -0.2) is 18.5 Å². The van der Waals surface area contributed by atoms with Gasteiger partial charge in [-0.25, -0.2) is 0 Å². The van der Waals surface area contributed by atoms with Gasteiger partial charge in [-0.05, 0) is 30.5 Å². The molecule has 0 aliphatic carbocycles. The van der Waals surface area contributed by atoms with E-state index in [0.717, 1.165) is 24.2 Å². The highest BCUT2D eigenvalue weighted by molar-refractivity contribution is 8.04. The molecule has 2 heterocycles. The van der Waals surface area contributed by atoms with E-state index in [1.54, 1.807) is 23.5 Å². The average molecular weight is 354 g/mol. The summed E-state index contributed by atoms with van der Waals surface area (Å²) >= 11 is 3.58. The lowest BCUT2D eigenvalue weighted by Crippen LogP contribution is -2.25. The fourth-order valence-electron chi connectivity index (χ4n) is 3.01. The fraction of sp³-hybridized carbons (Fsp3) is 0.211. The first kappa shape index (κ1) is 15.7. The van der Waals surface area contributed by atoms with Gasteiger partial charge in [0.15, 0.2) is 0 Å². The molecule has 2 N–H and O–H groups in total. The van der Waals surface area contributed by atoms with Gasteiger partial charge in [0.25, 0.3) is 0 Å². The summed E-state index contributed by atoms with van der Waals surface area (Å²) in [6, 6.07) is 16.7. The molecule has 2 aromatic rings. The Morgan fingerprint density at radius 3 is 2.92 bits per heavy atom. The van der Waals surface area contributed by atoms with Crippen LogP contribution in [0, 0.1) is 0 Å². The van der Waals surface area contributed by atoms with Gasteiger partial charge in [-0.1, -0.05) is 36.0 Å². The molecule has 0 spiro atoms. The van der Waals surface area contributed by atoms with Crippen molar-refractivity contribution in [2.75, 3.05) is 23.4 Å². The number of aliphatic imine (C=N–C) groups is 1. The van der Waals surface area contributed by atoms with Crippen molar-refractivity contribution in [1.82, 2.24) is 0 Å². The van der Waals surface area contributed by atoms with Gasteiger partial charge in [0.2, 0.25) is 0 Å². The minimum atomic E-state index is 0.0879. The van der Waals surface area contributed by atoms with E-state index in [1.165, 1.54) is 21.2 Å². The summed E-state index contributed by atoms with van der Waals surface area (Å²) in [5.41, 5.74) is 10.5. The largest absolute Gasteiger partial charge is 0.398 e. The van der Waals surface area contributed by atoms with Crippen molar-refractivity contribution in [3.05, 3.63) is 65.2 Å². The zero-order chi connectivity index (χ0) is 16.5. The maximum absolute atomic E-state index is 6.13. The first-order valence-corrected chi connectivity index (χ1v) is 10.1. The Morgan fingerprint density at radius 1 is 1.21 bits per heavy atom. The third-order valence-electron chi connectivity index (χ3n) is 4.31. The van der Waals surface area contributed by atoms with E-state index in [-0.39, 0.29) is 5.37 Å². The first-order chi connectivity index (χ1) is 11.7. The van der Waals surface area contributed by atoms with Crippen molar-refractivity contribution in [3.63, 3.8) is 0 Å². The zero-order valence-corrected chi connectivity index (χ0v) is 15.1. The van der Waals surface area contributed by atoms with Crippen LogP contribution in [-0.2, 0) is 0 Å². The summed E-state index contributed by atoms with van der Waals surface area (Å²) in [5, 5.41) is 0.0879. The quantitative estimate of drug-likeness (QED) is 0.627. The van der Waals surface area contributed by atoms with Crippen molar-refractivity contribution in [3.8, 4) is 0 Å². The normalized spacial score (nSPS) is 19.7. The molecule has 4 rings (SSSR count). The second-order valence-electron chi connectivity index (χ2n) is 5.81. The van der Waals surface area contributed by atoms with Crippen LogP contribution in [0.4, 0.5) is 11.4 Å². The van der Waals surface area contributed by atoms with E-state index in [0.29, 0.717) is 0 Å². The molecule has 0 radical (unpaired) electrons. The number of rotatable bonds is 3. The number of fused-ring (bicyclic) bond motifs is 1. The second kappa shape index (κ2) is 6.57. The number of para-hydroxylation sites is 1. The minimum absolute atomic E-state index is 0.0879. The molecule has 122 valence electrons. The van der Waals surface area contributed by atoms with Gasteiger partial charge in [-0.2, -0.15) is 0 Å². The van der Waals surface area contributed by atoms with Crippen molar-refractivity contribution in [1.29, 1.82) is 0 Å². The lowest BCUT2D eigenvalue weighted by atomic mass is 10.1. The van der Waals surface area contributed by atoms with E-state index in [2.05, 4.69) is 47.7 Å². The summed E-state index contributed by atoms with van der Waals surface area (Å²) in [6.07, 6.45) is 5.33. The topological polar surface area (TPSA) is 41.6 Å². The molecule has 1 atom stereocenters. The molecule has 2 aliphatic heterocycles. The van der Waals surface area contributed by atoms with Crippen molar-refractivity contribution >= 4 is 40.6 Å². The van der Waals surface area contributed by atoms with Gasteiger partial charge in [0.05, 0.1) is 5.71 Å². The average Bonchev–Trinajstić information content (AvgIpc) is 3.05. The molecule has 0 saturated carbocycles. The van der Waals surface area contributed by atoms with Gasteiger partial charge in [0, 0.05) is 45.9 Å². The molecule has 2 aliphatic rings. The standard InChI is InChI=1S/C19H19N3S2/c1-23-14-6-4-5-13(11-14)22-10-9-17-18(12-22)24-19(21-17)15-7-2-3-8-16(15)20/h2-8,11-12,19H,9-10,20H2,1H3. The molecule has 5 heteroatoms. The lowest BCUT2D eigenvalue weighted by Gasteiger charge is -2.26. The maximum Gasteiger partial charge on any atom is 0.127 e. The predicted molar refractivity (Wildman–Crippen MR) is 107 cm³/mol. The van der Waals surface area contributed by atoms with Crippen LogP contribution >= 0.6 is 23.5 Å². The number of nitrogens with two attached hydrogens (primary N) is 1. The van der Waals surface area contributed by atoms with Gasteiger partial charge >= 0.3 is 0 Å². The van der Waals surface area contributed by atoms with Gasteiger partial charge in [0.1, 0.15) is 5.37 Å². The molecule has 2 aromatic carbocycles. The Hall–Kier alpha value is -1.85. The molecule has 0 saturated heterocycles. The van der Waals surface area contributed by atoms with Crippen LogP contribution in [0.1, 0.15) is 17.4 Å². The Bertz CT molecular complexity index is 829. The number of hydrogen-bond donors (Lipinski definition) is 1. The highest BCUT2D eigenvalue weighted by Crippen LogP contribution is 2.46. The zero-order valence-electron chi connectivity index (χ0n) is 13.5. The van der Waals surface area contributed by atoms with Crippen LogP contribution in [0.25, 0.3) is 0 Å². The molecule has 0 fully saturated rings. The van der Waals surface area contributed by atoms with Crippen molar-refractivity contribution in [2.24, 2.45) is 4.99 Å². The number of nitrogens with zero attached hydrogens (tertiary/aromatic N) is 2. The Kier molecular flexibility index (Phi) is 4.29. The molecule has 0 bridgehead atoms. The first-order valence-electron chi connectivity index (χ1n) is 7.95. The summed E-state index contributed by atoms with van der Waals surface area (Å²) in [6.45, 7) is 0.970. The molecule has 0 aromatic heterocycles. The van der Waals surface area contributed by atoms with Gasteiger partial charge < -0.3 is 10.6 Å². The number of benzene rings is 2. The third kappa shape index (κ3) is 2.94. The molecule has 0 amide bonds. The fourth-order valence-corrected chi connectivity index (χ4v) is 4.70. The highest BCUT2D eigenvalue weighted by atomic mass is 32.2. The molecule has 1 unspecified atom stereocenters. The van der Waals surface area contributed by atoms with E-state index < -0.39 is 0 Å². The van der Waals surface area contributed by atoms with E-state index in [9.17, 15) is 0 Å². The number of allylic oxidation sites excluding steroid dienone is 1. The molecule has 3 nitrogen and oxygen atoms in total. The minimum Gasteiger partial charge on any atom is -0.398 e. The summed E-state index contributed by atoms with van der Waals surface area (Å²) in [7, 11) is 0. The third-order valence-corrected chi connectivity index (χ3v) is 6.21. The van der Waals surface area contributed by atoms with E-state index in [4.69, 9.17) is 10.7 Å².